The van der Waals surface area contributed by atoms with Crippen LogP contribution in [0.25, 0.3) is 0 Å². The minimum Gasteiger partial charge on any atom is -0.392 e. The van der Waals surface area contributed by atoms with E-state index in [0.29, 0.717) is 23.9 Å². The first-order valence-electron chi connectivity index (χ1n) is 5.94. The number of aromatic nitrogens is 2. The fourth-order valence-corrected chi connectivity index (χ4v) is 2.36. The lowest BCUT2D eigenvalue weighted by Crippen LogP contribution is -2.34. The molecule has 1 rings (SSSR count). The molecule has 0 spiro atoms. The van der Waals surface area contributed by atoms with Crippen molar-refractivity contribution in [1.82, 2.24) is 9.78 Å². The van der Waals surface area contributed by atoms with Crippen molar-refractivity contribution < 1.29 is 5.11 Å². The van der Waals surface area contributed by atoms with Crippen LogP contribution in [0.2, 0.25) is 5.02 Å². The molecule has 5 heteroatoms. The monoisotopic (exact) mass is 259 g/mol. The highest BCUT2D eigenvalue weighted by Crippen LogP contribution is 2.24. The van der Waals surface area contributed by atoms with Gasteiger partial charge in [0, 0.05) is 13.5 Å². The first kappa shape index (κ1) is 14.5. The first-order chi connectivity index (χ1) is 7.88. The SMILES string of the molecule is Cc1nn(C)c(CC(O)C(CN)C(C)C)c1Cl. The number of aryl methyl sites for hydroxylation is 2. The van der Waals surface area contributed by atoms with Crippen molar-refractivity contribution in [3.05, 3.63) is 16.4 Å². The maximum Gasteiger partial charge on any atom is 0.0847 e. The summed E-state index contributed by atoms with van der Waals surface area (Å²) in [5, 5.41) is 15.1. The van der Waals surface area contributed by atoms with E-state index in [0.717, 1.165) is 11.4 Å². The van der Waals surface area contributed by atoms with Gasteiger partial charge in [-0.25, -0.2) is 0 Å². The van der Waals surface area contributed by atoms with Gasteiger partial charge in [-0.05, 0) is 25.3 Å². The molecule has 0 saturated carbocycles. The fourth-order valence-electron chi connectivity index (χ4n) is 2.12. The standard InChI is InChI=1S/C12H22ClN3O/c1-7(2)9(6-14)11(17)5-10-12(13)8(3)15-16(10)4/h7,9,11,17H,5-6,14H2,1-4H3. The van der Waals surface area contributed by atoms with Gasteiger partial charge in [-0.15, -0.1) is 0 Å². The molecule has 0 aliphatic rings. The Balaban J connectivity index is 2.83. The second kappa shape index (κ2) is 5.85. The van der Waals surface area contributed by atoms with Crippen LogP contribution >= 0.6 is 11.6 Å². The number of nitrogens with two attached hydrogens (primary N) is 1. The molecule has 1 heterocycles. The van der Waals surface area contributed by atoms with Gasteiger partial charge in [-0.2, -0.15) is 5.10 Å². The topological polar surface area (TPSA) is 64.1 Å². The molecular weight excluding hydrogens is 238 g/mol. The quantitative estimate of drug-likeness (QED) is 0.843. The van der Waals surface area contributed by atoms with Crippen LogP contribution in [0.15, 0.2) is 0 Å². The Kier molecular flexibility index (Phi) is 4.98. The minimum atomic E-state index is -0.479. The number of aliphatic hydroxyl groups excluding tert-OH is 1. The highest BCUT2D eigenvalue weighted by Gasteiger charge is 2.24. The summed E-state index contributed by atoms with van der Waals surface area (Å²) in [5.74, 6) is 0.435. The van der Waals surface area contributed by atoms with E-state index in [9.17, 15) is 5.11 Å². The van der Waals surface area contributed by atoms with Crippen LogP contribution < -0.4 is 5.73 Å². The summed E-state index contributed by atoms with van der Waals surface area (Å²) in [6, 6.07) is 0. The minimum absolute atomic E-state index is 0.0845. The van der Waals surface area contributed by atoms with Crippen LogP contribution in [0, 0.1) is 18.8 Å². The predicted molar refractivity (Wildman–Crippen MR) is 70.0 cm³/mol. The van der Waals surface area contributed by atoms with Gasteiger partial charge in [0.2, 0.25) is 0 Å². The van der Waals surface area contributed by atoms with Crippen molar-refractivity contribution in [2.45, 2.75) is 33.3 Å². The van der Waals surface area contributed by atoms with E-state index in [2.05, 4.69) is 18.9 Å². The highest BCUT2D eigenvalue weighted by molar-refractivity contribution is 6.31. The van der Waals surface area contributed by atoms with Crippen LogP contribution in [-0.4, -0.2) is 27.5 Å². The van der Waals surface area contributed by atoms with Crippen molar-refractivity contribution in [3.8, 4) is 0 Å². The third-order valence-electron chi connectivity index (χ3n) is 3.29. The third-order valence-corrected chi connectivity index (χ3v) is 3.78. The third kappa shape index (κ3) is 3.21. The molecule has 0 amide bonds. The van der Waals surface area contributed by atoms with E-state index in [4.69, 9.17) is 17.3 Å². The Morgan fingerprint density at radius 1 is 1.47 bits per heavy atom. The van der Waals surface area contributed by atoms with E-state index in [1.165, 1.54) is 0 Å². The molecule has 2 atom stereocenters. The molecule has 2 unspecified atom stereocenters. The smallest absolute Gasteiger partial charge is 0.0847 e. The number of rotatable bonds is 5. The lowest BCUT2D eigenvalue weighted by atomic mass is 9.88. The second-order valence-corrected chi connectivity index (χ2v) is 5.26. The summed E-state index contributed by atoms with van der Waals surface area (Å²) >= 11 is 6.16. The number of hydrogen-bond acceptors (Lipinski definition) is 3. The zero-order valence-electron chi connectivity index (χ0n) is 10.9. The zero-order valence-corrected chi connectivity index (χ0v) is 11.7. The summed E-state index contributed by atoms with van der Waals surface area (Å²) in [7, 11) is 1.84. The molecule has 17 heavy (non-hydrogen) atoms. The maximum absolute atomic E-state index is 10.2. The Hall–Kier alpha value is -0.580. The molecule has 0 aliphatic carbocycles. The maximum atomic E-state index is 10.2. The van der Waals surface area contributed by atoms with Gasteiger partial charge in [-0.3, -0.25) is 4.68 Å². The lowest BCUT2D eigenvalue weighted by molar-refractivity contribution is 0.0847. The molecule has 4 nitrogen and oxygen atoms in total. The van der Waals surface area contributed by atoms with E-state index >= 15 is 0 Å². The van der Waals surface area contributed by atoms with Crippen LogP contribution in [0.5, 0.6) is 0 Å². The van der Waals surface area contributed by atoms with E-state index < -0.39 is 6.10 Å². The summed E-state index contributed by atoms with van der Waals surface area (Å²) in [4.78, 5) is 0. The fraction of sp³-hybridized carbons (Fsp3) is 0.750. The molecule has 0 fully saturated rings. The molecule has 0 bridgehead atoms. The van der Waals surface area contributed by atoms with E-state index in [1.54, 1.807) is 4.68 Å². The molecule has 0 saturated heterocycles. The van der Waals surface area contributed by atoms with Crippen molar-refractivity contribution >= 4 is 11.6 Å². The second-order valence-electron chi connectivity index (χ2n) is 4.88. The van der Waals surface area contributed by atoms with E-state index in [-0.39, 0.29) is 5.92 Å². The number of aliphatic hydroxyl groups is 1. The molecular formula is C12H22ClN3O. The van der Waals surface area contributed by atoms with Gasteiger partial charge in [-0.1, -0.05) is 25.4 Å². The number of nitrogens with zero attached hydrogens (tertiary/aromatic N) is 2. The molecule has 1 aromatic heterocycles. The number of halogens is 1. The molecule has 3 N–H and O–H groups in total. The van der Waals surface area contributed by atoms with Gasteiger partial charge in [0.15, 0.2) is 0 Å². The summed E-state index contributed by atoms with van der Waals surface area (Å²) in [6.45, 7) is 6.47. The van der Waals surface area contributed by atoms with E-state index in [1.807, 2.05) is 14.0 Å². The lowest BCUT2D eigenvalue weighted by Gasteiger charge is -2.25. The van der Waals surface area contributed by atoms with Crippen LogP contribution in [0.4, 0.5) is 0 Å². The molecule has 0 aromatic carbocycles. The van der Waals surface area contributed by atoms with Crippen molar-refractivity contribution in [1.29, 1.82) is 0 Å². The van der Waals surface area contributed by atoms with Gasteiger partial charge in [0.05, 0.1) is 22.5 Å². The van der Waals surface area contributed by atoms with Crippen LogP contribution in [0.1, 0.15) is 25.2 Å². The zero-order chi connectivity index (χ0) is 13.2. The first-order valence-corrected chi connectivity index (χ1v) is 6.32. The average Bonchev–Trinajstić information content (AvgIpc) is 2.45. The number of hydrogen-bond donors (Lipinski definition) is 2. The summed E-state index contributed by atoms with van der Waals surface area (Å²) < 4.78 is 1.73. The Labute approximate surface area is 108 Å². The Morgan fingerprint density at radius 2 is 2.06 bits per heavy atom. The predicted octanol–water partition coefficient (Wildman–Crippen LogP) is 1.52. The Bertz CT molecular complexity index is 376. The average molecular weight is 260 g/mol. The van der Waals surface area contributed by atoms with Crippen LogP contribution in [-0.2, 0) is 13.5 Å². The largest absolute Gasteiger partial charge is 0.392 e. The summed E-state index contributed by atoms with van der Waals surface area (Å²) in [5.41, 5.74) is 7.36. The molecule has 98 valence electrons. The normalized spacial score (nSPS) is 15.3. The van der Waals surface area contributed by atoms with Crippen molar-refractivity contribution in [2.24, 2.45) is 24.6 Å². The molecule has 0 radical (unpaired) electrons. The van der Waals surface area contributed by atoms with Gasteiger partial charge in [0.25, 0.3) is 0 Å². The van der Waals surface area contributed by atoms with Gasteiger partial charge >= 0.3 is 0 Å². The van der Waals surface area contributed by atoms with Crippen LogP contribution in [0.3, 0.4) is 0 Å². The molecule has 1 aromatic rings. The van der Waals surface area contributed by atoms with Crippen molar-refractivity contribution in [3.63, 3.8) is 0 Å². The van der Waals surface area contributed by atoms with Crippen molar-refractivity contribution in [2.75, 3.05) is 6.54 Å². The molecule has 0 aliphatic heterocycles. The Morgan fingerprint density at radius 3 is 2.41 bits per heavy atom. The van der Waals surface area contributed by atoms with Gasteiger partial charge < -0.3 is 10.8 Å². The highest BCUT2D eigenvalue weighted by atomic mass is 35.5. The van der Waals surface area contributed by atoms with Gasteiger partial charge in [0.1, 0.15) is 0 Å². The summed E-state index contributed by atoms with van der Waals surface area (Å²) in [6.07, 6.45) is 0.0169.